The molecule has 2 aliphatic rings. The Balaban J connectivity index is 1.84. The Hall–Kier alpha value is -3.94. The van der Waals surface area contributed by atoms with E-state index in [2.05, 4.69) is 10.6 Å². The van der Waals surface area contributed by atoms with Gasteiger partial charge in [-0.15, -0.1) is 0 Å². The molecule has 0 saturated heterocycles. The predicted molar refractivity (Wildman–Crippen MR) is 128 cm³/mol. The number of ether oxygens (including phenoxy) is 1. The monoisotopic (exact) mass is 461 g/mol. The van der Waals surface area contributed by atoms with Crippen LogP contribution in [0.4, 0.5) is 11.4 Å². The van der Waals surface area contributed by atoms with Gasteiger partial charge in [0.1, 0.15) is 5.75 Å². The van der Waals surface area contributed by atoms with Gasteiger partial charge in [0.15, 0.2) is 5.78 Å². The van der Waals surface area contributed by atoms with Crippen molar-refractivity contribution in [1.82, 2.24) is 5.32 Å². The molecule has 1 heterocycles. The smallest absolute Gasteiger partial charge is 0.269 e. The second-order valence-corrected chi connectivity index (χ2v) is 9.44. The number of benzene rings is 2. The van der Waals surface area contributed by atoms with E-state index < -0.39 is 16.7 Å². The topological polar surface area (TPSA) is 111 Å². The number of hydrogen-bond donors (Lipinski definition) is 2. The first kappa shape index (κ1) is 23.2. The lowest BCUT2D eigenvalue weighted by molar-refractivity contribution is -0.384. The first-order chi connectivity index (χ1) is 16.1. The fourth-order valence-corrected chi connectivity index (χ4v) is 4.83. The third-order valence-corrected chi connectivity index (χ3v) is 6.25. The molecule has 2 aromatic carbocycles. The van der Waals surface area contributed by atoms with Crippen molar-refractivity contribution < 1.29 is 19.2 Å². The van der Waals surface area contributed by atoms with Crippen LogP contribution in [0.2, 0.25) is 0 Å². The lowest BCUT2D eigenvalue weighted by Crippen LogP contribution is -2.39. The molecular weight excluding hydrogens is 434 g/mol. The van der Waals surface area contributed by atoms with E-state index in [4.69, 9.17) is 4.74 Å². The van der Waals surface area contributed by atoms with Crippen molar-refractivity contribution in [3.63, 3.8) is 0 Å². The summed E-state index contributed by atoms with van der Waals surface area (Å²) in [6, 6.07) is 13.2. The summed E-state index contributed by atoms with van der Waals surface area (Å²) in [5, 5.41) is 17.7. The predicted octanol–water partition coefficient (Wildman–Crippen LogP) is 4.85. The molecule has 1 aliphatic carbocycles. The minimum Gasteiger partial charge on any atom is -0.495 e. The second-order valence-electron chi connectivity index (χ2n) is 9.44. The van der Waals surface area contributed by atoms with Crippen LogP contribution in [-0.2, 0) is 9.59 Å². The number of methoxy groups -OCH3 is 1. The van der Waals surface area contributed by atoms with Gasteiger partial charge in [-0.3, -0.25) is 19.7 Å². The van der Waals surface area contributed by atoms with Gasteiger partial charge in [-0.05, 0) is 36.5 Å². The standard InChI is InChI=1S/C26H27N3O5/c1-15-22(25(31)28-18-10-5-6-11-21(18)34-4)23(16-8-7-9-17(12-16)29(32)33)24-19(27-15)13-26(2,3)14-20(24)30/h5-12,23,27H,13-14H2,1-4H3,(H,28,31). The normalized spacial score (nSPS) is 19.3. The molecule has 34 heavy (non-hydrogen) atoms. The van der Waals surface area contributed by atoms with Gasteiger partial charge in [0.05, 0.1) is 17.7 Å². The molecule has 0 radical (unpaired) electrons. The van der Waals surface area contributed by atoms with Gasteiger partial charge in [0, 0.05) is 47.0 Å². The number of para-hydroxylation sites is 2. The van der Waals surface area contributed by atoms with E-state index in [1.54, 1.807) is 43.3 Å². The van der Waals surface area contributed by atoms with E-state index in [0.29, 0.717) is 46.7 Å². The minimum absolute atomic E-state index is 0.0645. The third-order valence-electron chi connectivity index (χ3n) is 6.25. The second kappa shape index (κ2) is 8.78. The lowest BCUT2D eigenvalue weighted by Gasteiger charge is -2.39. The van der Waals surface area contributed by atoms with E-state index in [1.165, 1.54) is 19.2 Å². The Morgan fingerprint density at radius 1 is 1.18 bits per heavy atom. The molecule has 8 heteroatoms. The molecule has 1 aliphatic heterocycles. The van der Waals surface area contributed by atoms with E-state index in [9.17, 15) is 19.7 Å². The van der Waals surface area contributed by atoms with E-state index >= 15 is 0 Å². The number of dihydropyridines is 1. The molecule has 176 valence electrons. The number of nitrogens with one attached hydrogen (secondary N) is 2. The van der Waals surface area contributed by atoms with Crippen LogP contribution in [0.3, 0.4) is 0 Å². The molecule has 0 spiro atoms. The fourth-order valence-electron chi connectivity index (χ4n) is 4.83. The maximum atomic E-state index is 13.6. The summed E-state index contributed by atoms with van der Waals surface area (Å²) in [5.41, 5.74) is 2.91. The number of allylic oxidation sites excluding steroid dienone is 3. The van der Waals surface area contributed by atoms with E-state index in [0.717, 1.165) is 5.70 Å². The number of Topliss-reactive ketones (excluding diaryl/α,β-unsaturated/α-hetero) is 1. The van der Waals surface area contributed by atoms with Crippen molar-refractivity contribution >= 4 is 23.1 Å². The van der Waals surface area contributed by atoms with Crippen LogP contribution in [0.5, 0.6) is 5.75 Å². The van der Waals surface area contributed by atoms with Gasteiger partial charge < -0.3 is 15.4 Å². The van der Waals surface area contributed by atoms with Crippen molar-refractivity contribution in [2.24, 2.45) is 5.41 Å². The molecule has 1 atom stereocenters. The van der Waals surface area contributed by atoms with Crippen LogP contribution in [0.15, 0.2) is 71.1 Å². The van der Waals surface area contributed by atoms with Crippen LogP contribution in [-0.4, -0.2) is 23.7 Å². The summed E-state index contributed by atoms with van der Waals surface area (Å²) in [6.07, 6.45) is 0.970. The number of ketones is 1. The maximum absolute atomic E-state index is 13.6. The molecule has 0 saturated carbocycles. The van der Waals surface area contributed by atoms with Crippen LogP contribution in [0, 0.1) is 15.5 Å². The number of rotatable bonds is 5. The number of nitrogens with zero attached hydrogens (tertiary/aromatic N) is 1. The van der Waals surface area contributed by atoms with Gasteiger partial charge >= 0.3 is 0 Å². The summed E-state index contributed by atoms with van der Waals surface area (Å²) < 4.78 is 5.35. The highest BCUT2D eigenvalue weighted by Crippen LogP contribution is 2.47. The minimum atomic E-state index is -0.727. The third kappa shape index (κ3) is 4.31. The van der Waals surface area contributed by atoms with Crippen molar-refractivity contribution in [2.75, 3.05) is 12.4 Å². The van der Waals surface area contributed by atoms with Gasteiger partial charge in [0.25, 0.3) is 11.6 Å². The number of carbonyl (C=O) groups is 2. The molecule has 8 nitrogen and oxygen atoms in total. The molecule has 0 fully saturated rings. The molecule has 2 aromatic rings. The largest absolute Gasteiger partial charge is 0.495 e. The number of anilines is 1. The summed E-state index contributed by atoms with van der Waals surface area (Å²) >= 11 is 0. The average Bonchev–Trinajstić information content (AvgIpc) is 2.77. The van der Waals surface area contributed by atoms with Crippen LogP contribution >= 0.6 is 0 Å². The molecule has 2 N–H and O–H groups in total. The van der Waals surface area contributed by atoms with Gasteiger partial charge in [0.2, 0.25) is 0 Å². The highest BCUT2D eigenvalue weighted by atomic mass is 16.6. The number of nitro groups is 1. The molecular formula is C26H27N3O5. The quantitative estimate of drug-likeness (QED) is 0.487. The van der Waals surface area contributed by atoms with Gasteiger partial charge in [-0.2, -0.15) is 0 Å². The highest BCUT2D eigenvalue weighted by Gasteiger charge is 2.43. The first-order valence-electron chi connectivity index (χ1n) is 11.0. The Kier molecular flexibility index (Phi) is 6.00. The number of non-ortho nitro benzene ring substituents is 1. The number of nitro benzene ring substituents is 1. The summed E-state index contributed by atoms with van der Waals surface area (Å²) in [4.78, 5) is 38.0. The summed E-state index contributed by atoms with van der Waals surface area (Å²) in [7, 11) is 1.52. The van der Waals surface area contributed by atoms with Gasteiger partial charge in [-0.1, -0.05) is 38.1 Å². The summed E-state index contributed by atoms with van der Waals surface area (Å²) in [5.74, 6) is -0.699. The van der Waals surface area contributed by atoms with E-state index in [1.807, 2.05) is 13.8 Å². The summed E-state index contributed by atoms with van der Waals surface area (Å²) in [6.45, 7) is 5.85. The van der Waals surface area contributed by atoms with Crippen LogP contribution in [0.1, 0.15) is 45.1 Å². The van der Waals surface area contributed by atoms with Gasteiger partial charge in [-0.25, -0.2) is 0 Å². The molecule has 0 bridgehead atoms. The van der Waals surface area contributed by atoms with Crippen molar-refractivity contribution in [3.8, 4) is 5.75 Å². The number of hydrogen-bond acceptors (Lipinski definition) is 6. The Bertz CT molecular complexity index is 1260. The first-order valence-corrected chi connectivity index (χ1v) is 11.0. The zero-order chi connectivity index (χ0) is 24.6. The van der Waals surface area contributed by atoms with Crippen molar-refractivity contribution in [2.45, 2.75) is 39.5 Å². The molecule has 0 aromatic heterocycles. The molecule has 4 rings (SSSR count). The Labute approximate surface area is 197 Å². The SMILES string of the molecule is COc1ccccc1NC(=O)C1=C(C)NC2=C(C(=O)CC(C)(C)C2)C1c1cccc([N+](=O)[O-])c1. The van der Waals surface area contributed by atoms with Crippen molar-refractivity contribution in [1.29, 1.82) is 0 Å². The van der Waals surface area contributed by atoms with Crippen LogP contribution in [0.25, 0.3) is 0 Å². The molecule has 1 unspecified atom stereocenters. The fraction of sp³-hybridized carbons (Fsp3) is 0.308. The van der Waals surface area contributed by atoms with Crippen LogP contribution < -0.4 is 15.4 Å². The maximum Gasteiger partial charge on any atom is 0.269 e. The molecule has 1 amide bonds. The highest BCUT2D eigenvalue weighted by molar-refractivity contribution is 6.10. The zero-order valence-corrected chi connectivity index (χ0v) is 19.6. The van der Waals surface area contributed by atoms with E-state index in [-0.39, 0.29) is 16.9 Å². The zero-order valence-electron chi connectivity index (χ0n) is 19.6. The number of amides is 1. The Morgan fingerprint density at radius 2 is 1.91 bits per heavy atom. The number of carbonyl (C=O) groups excluding carboxylic acids is 2. The Morgan fingerprint density at radius 3 is 2.62 bits per heavy atom. The average molecular weight is 462 g/mol. The van der Waals surface area contributed by atoms with Crippen molar-refractivity contribution in [3.05, 3.63) is 86.7 Å². The lowest BCUT2D eigenvalue weighted by atomic mass is 9.68.